The summed E-state index contributed by atoms with van der Waals surface area (Å²) in [5, 5.41) is 0. The van der Waals surface area contributed by atoms with E-state index in [1.54, 1.807) is 0 Å². The Morgan fingerprint density at radius 3 is 2.32 bits per heavy atom. The van der Waals surface area contributed by atoms with Crippen LogP contribution in [0.1, 0.15) is 63.5 Å². The third-order valence-corrected chi connectivity index (χ3v) is 6.73. The standard InChI is InChI=1S/C29H30O2/c1-19-14-22(16-20-10-6-4-7-11-20)28-23(15-19)26(21-12-8-5-9-13-21)27-24(30)17-29(2,3)18-25(27)31-28/h4-13,16,19,26H,14-15,17-18H2,1-3H3/b22-16+. The molecule has 0 aromatic heterocycles. The zero-order chi connectivity index (χ0) is 21.6. The van der Waals surface area contributed by atoms with Crippen LogP contribution >= 0.6 is 0 Å². The highest BCUT2D eigenvalue weighted by Gasteiger charge is 2.44. The number of hydrogen-bond acceptors (Lipinski definition) is 2. The maximum atomic E-state index is 13.4. The van der Waals surface area contributed by atoms with Gasteiger partial charge in [0, 0.05) is 24.3 Å². The molecule has 2 unspecified atom stereocenters. The summed E-state index contributed by atoms with van der Waals surface area (Å²) >= 11 is 0. The molecule has 2 aromatic rings. The van der Waals surface area contributed by atoms with Crippen LogP contribution in [0.3, 0.4) is 0 Å². The number of Topliss-reactive ketones (excluding diaryl/α,β-unsaturated/α-hetero) is 1. The lowest BCUT2D eigenvalue weighted by molar-refractivity contribution is -0.119. The molecule has 2 nitrogen and oxygen atoms in total. The van der Waals surface area contributed by atoms with Crippen molar-refractivity contribution in [3.8, 4) is 0 Å². The average molecular weight is 411 g/mol. The predicted octanol–water partition coefficient (Wildman–Crippen LogP) is 7.21. The molecule has 2 atom stereocenters. The molecule has 0 amide bonds. The molecule has 0 saturated carbocycles. The zero-order valence-electron chi connectivity index (χ0n) is 18.7. The van der Waals surface area contributed by atoms with Crippen molar-refractivity contribution in [3.05, 3.63) is 100 Å². The van der Waals surface area contributed by atoms with E-state index in [4.69, 9.17) is 4.74 Å². The SMILES string of the molecule is CC1CC2=C(OC3=C(C(=O)CC(C)(C)C3)C2c2ccccc2)/C(=C/c2ccccc2)C1. The van der Waals surface area contributed by atoms with E-state index in [1.807, 2.05) is 12.1 Å². The van der Waals surface area contributed by atoms with Gasteiger partial charge in [-0.25, -0.2) is 0 Å². The minimum absolute atomic E-state index is 0.00507. The monoisotopic (exact) mass is 410 g/mol. The van der Waals surface area contributed by atoms with Gasteiger partial charge in [-0.15, -0.1) is 0 Å². The Hall–Kier alpha value is -2.87. The lowest BCUT2D eigenvalue weighted by atomic mass is 9.67. The van der Waals surface area contributed by atoms with Crippen molar-refractivity contribution in [2.75, 3.05) is 0 Å². The Balaban J connectivity index is 1.69. The molecule has 0 saturated heterocycles. The number of carbonyl (C=O) groups is 1. The fourth-order valence-corrected chi connectivity index (χ4v) is 5.47. The number of hydrogen-bond donors (Lipinski definition) is 0. The van der Waals surface area contributed by atoms with Gasteiger partial charge in [0.15, 0.2) is 5.78 Å². The van der Waals surface area contributed by atoms with Crippen LogP contribution in [-0.2, 0) is 9.53 Å². The third kappa shape index (κ3) is 3.80. The van der Waals surface area contributed by atoms with E-state index in [0.717, 1.165) is 36.4 Å². The van der Waals surface area contributed by atoms with Crippen molar-refractivity contribution in [3.63, 3.8) is 0 Å². The third-order valence-electron chi connectivity index (χ3n) is 6.73. The number of carbonyl (C=O) groups excluding carboxylic acids is 1. The molecule has 2 aliphatic carbocycles. The normalized spacial score (nSPS) is 26.4. The second kappa shape index (κ2) is 7.67. The summed E-state index contributed by atoms with van der Waals surface area (Å²) in [6.07, 6.45) is 5.63. The first kappa shape index (κ1) is 20.1. The maximum absolute atomic E-state index is 13.4. The van der Waals surface area contributed by atoms with Gasteiger partial charge in [0.1, 0.15) is 11.5 Å². The number of allylic oxidation sites excluding steroid dienone is 4. The molecule has 0 bridgehead atoms. The van der Waals surface area contributed by atoms with E-state index in [-0.39, 0.29) is 17.1 Å². The molecule has 158 valence electrons. The topological polar surface area (TPSA) is 26.3 Å². The lowest BCUT2D eigenvalue weighted by Crippen LogP contribution is -2.34. The smallest absolute Gasteiger partial charge is 0.163 e. The van der Waals surface area contributed by atoms with E-state index in [1.165, 1.54) is 22.3 Å². The van der Waals surface area contributed by atoms with Gasteiger partial charge in [-0.05, 0) is 52.5 Å². The highest BCUT2D eigenvalue weighted by molar-refractivity contribution is 6.00. The maximum Gasteiger partial charge on any atom is 0.163 e. The number of ether oxygens (including phenoxy) is 1. The number of ketones is 1. The Kier molecular flexibility index (Phi) is 4.97. The van der Waals surface area contributed by atoms with Gasteiger partial charge in [0.05, 0.1) is 0 Å². The molecule has 1 heterocycles. The van der Waals surface area contributed by atoms with Gasteiger partial charge in [0.2, 0.25) is 0 Å². The van der Waals surface area contributed by atoms with Gasteiger partial charge in [-0.2, -0.15) is 0 Å². The molecule has 0 radical (unpaired) electrons. The molecule has 1 aliphatic heterocycles. The van der Waals surface area contributed by atoms with Gasteiger partial charge in [0.25, 0.3) is 0 Å². The van der Waals surface area contributed by atoms with Crippen molar-refractivity contribution in [1.82, 2.24) is 0 Å². The largest absolute Gasteiger partial charge is 0.461 e. The van der Waals surface area contributed by atoms with Crippen LogP contribution in [0.4, 0.5) is 0 Å². The van der Waals surface area contributed by atoms with Crippen LogP contribution in [0, 0.1) is 11.3 Å². The Bertz CT molecular complexity index is 1100. The van der Waals surface area contributed by atoms with Gasteiger partial charge in [-0.1, -0.05) is 81.4 Å². The van der Waals surface area contributed by atoms with Gasteiger partial charge in [-0.3, -0.25) is 4.79 Å². The summed E-state index contributed by atoms with van der Waals surface area (Å²) in [6, 6.07) is 21.0. The number of benzene rings is 2. The minimum atomic E-state index is -0.0690. The summed E-state index contributed by atoms with van der Waals surface area (Å²) in [5.74, 6) is 2.67. The zero-order valence-corrected chi connectivity index (χ0v) is 18.7. The van der Waals surface area contributed by atoms with E-state index < -0.39 is 0 Å². The average Bonchev–Trinajstić information content (AvgIpc) is 2.73. The fourth-order valence-electron chi connectivity index (χ4n) is 5.47. The van der Waals surface area contributed by atoms with Crippen molar-refractivity contribution < 1.29 is 9.53 Å². The van der Waals surface area contributed by atoms with Crippen LogP contribution in [0.2, 0.25) is 0 Å². The molecular weight excluding hydrogens is 380 g/mol. The first-order valence-electron chi connectivity index (χ1n) is 11.4. The molecule has 0 spiro atoms. The minimum Gasteiger partial charge on any atom is -0.461 e. The van der Waals surface area contributed by atoms with E-state index in [2.05, 4.69) is 75.4 Å². The second-order valence-electron chi connectivity index (χ2n) is 10.2. The Labute approximate surface area is 185 Å². The molecule has 2 heteroatoms. The summed E-state index contributed by atoms with van der Waals surface area (Å²) in [5.41, 5.74) is 5.75. The number of rotatable bonds is 2. The summed E-state index contributed by atoms with van der Waals surface area (Å²) in [7, 11) is 0. The molecule has 0 N–H and O–H groups in total. The second-order valence-corrected chi connectivity index (χ2v) is 10.2. The molecule has 31 heavy (non-hydrogen) atoms. The fraction of sp³-hybridized carbons (Fsp3) is 0.345. The summed E-state index contributed by atoms with van der Waals surface area (Å²) < 4.78 is 6.66. The predicted molar refractivity (Wildman–Crippen MR) is 125 cm³/mol. The van der Waals surface area contributed by atoms with Gasteiger partial charge < -0.3 is 4.74 Å². The van der Waals surface area contributed by atoms with Crippen molar-refractivity contribution in [1.29, 1.82) is 0 Å². The molecule has 3 aliphatic rings. The van der Waals surface area contributed by atoms with E-state index in [0.29, 0.717) is 12.3 Å². The first-order valence-corrected chi connectivity index (χ1v) is 11.4. The van der Waals surface area contributed by atoms with E-state index >= 15 is 0 Å². The highest BCUT2D eigenvalue weighted by atomic mass is 16.5. The molecular formula is C29H30O2. The van der Waals surface area contributed by atoms with Crippen molar-refractivity contribution >= 4 is 11.9 Å². The van der Waals surface area contributed by atoms with Crippen LogP contribution in [0.25, 0.3) is 6.08 Å². The van der Waals surface area contributed by atoms with Crippen LogP contribution in [0.15, 0.2) is 88.9 Å². The molecule has 2 aromatic carbocycles. The lowest BCUT2D eigenvalue weighted by Gasteiger charge is -2.42. The quantitative estimate of drug-likeness (QED) is 0.523. The van der Waals surface area contributed by atoms with Gasteiger partial charge >= 0.3 is 0 Å². The van der Waals surface area contributed by atoms with Crippen LogP contribution < -0.4 is 0 Å². The summed E-state index contributed by atoms with van der Waals surface area (Å²) in [4.78, 5) is 13.4. The van der Waals surface area contributed by atoms with E-state index in [9.17, 15) is 4.79 Å². The van der Waals surface area contributed by atoms with Crippen molar-refractivity contribution in [2.45, 2.75) is 52.4 Å². The highest BCUT2D eigenvalue weighted by Crippen LogP contribution is 2.53. The first-order chi connectivity index (χ1) is 14.9. The Morgan fingerprint density at radius 1 is 0.935 bits per heavy atom. The van der Waals surface area contributed by atoms with Crippen LogP contribution in [0.5, 0.6) is 0 Å². The summed E-state index contributed by atoms with van der Waals surface area (Å²) in [6.45, 7) is 6.65. The molecule has 0 fully saturated rings. The molecule has 5 rings (SSSR count). The van der Waals surface area contributed by atoms with Crippen LogP contribution in [-0.4, -0.2) is 5.78 Å². The van der Waals surface area contributed by atoms with Crippen molar-refractivity contribution in [2.24, 2.45) is 11.3 Å². The Morgan fingerprint density at radius 2 is 1.61 bits per heavy atom.